The Morgan fingerprint density at radius 2 is 1.94 bits per heavy atom. The van der Waals surface area contributed by atoms with Gasteiger partial charge in [0.15, 0.2) is 0 Å². The van der Waals surface area contributed by atoms with E-state index in [4.69, 9.17) is 23.2 Å². The number of carbonyl (C=O) groups excluding carboxylic acids is 1. The maximum absolute atomic E-state index is 11.9. The molecule has 1 aromatic carbocycles. The van der Waals surface area contributed by atoms with Gasteiger partial charge in [-0.15, -0.1) is 0 Å². The summed E-state index contributed by atoms with van der Waals surface area (Å²) in [6.07, 6.45) is 0.713. The Balaban J connectivity index is 2.61. The molecule has 0 aromatic heterocycles. The highest BCUT2D eigenvalue weighted by Gasteiger charge is 2.13. The molecule has 1 aromatic rings. The molecule has 17 heavy (non-hydrogen) atoms. The van der Waals surface area contributed by atoms with Crippen LogP contribution >= 0.6 is 23.2 Å². The number of hydrogen-bond acceptors (Lipinski definition) is 3. The summed E-state index contributed by atoms with van der Waals surface area (Å²) in [6.45, 7) is 0. The maximum atomic E-state index is 11.9. The van der Waals surface area contributed by atoms with E-state index in [1.807, 2.05) is 0 Å². The Hall–Kier alpha value is -0.580. The van der Waals surface area contributed by atoms with E-state index in [2.05, 4.69) is 4.74 Å². The van der Waals surface area contributed by atoms with Crippen LogP contribution in [0.1, 0.15) is 12.8 Å². The van der Waals surface area contributed by atoms with Gasteiger partial charge >= 0.3 is 5.97 Å². The molecule has 1 rings (SSSR count). The molecule has 0 saturated heterocycles. The lowest BCUT2D eigenvalue weighted by atomic mass is 10.3. The monoisotopic (exact) mass is 294 g/mol. The summed E-state index contributed by atoms with van der Waals surface area (Å²) in [5, 5.41) is 0.766. The first kappa shape index (κ1) is 14.5. The van der Waals surface area contributed by atoms with Crippen molar-refractivity contribution in [2.45, 2.75) is 17.7 Å². The second-order valence-corrected chi connectivity index (χ2v) is 5.60. The fourth-order valence-electron chi connectivity index (χ4n) is 1.25. The van der Waals surface area contributed by atoms with Gasteiger partial charge in [-0.05, 0) is 18.6 Å². The second-order valence-electron chi connectivity index (χ2n) is 3.28. The molecule has 6 heteroatoms. The van der Waals surface area contributed by atoms with Gasteiger partial charge in [-0.1, -0.05) is 29.3 Å². The first-order valence-corrected chi connectivity index (χ1v) is 7.03. The lowest BCUT2D eigenvalue weighted by Gasteiger charge is -2.06. The van der Waals surface area contributed by atoms with Crippen LogP contribution in [0.2, 0.25) is 10.0 Å². The zero-order valence-electron chi connectivity index (χ0n) is 9.24. The third-order valence-electron chi connectivity index (χ3n) is 2.08. The smallest absolute Gasteiger partial charge is 0.305 e. The van der Waals surface area contributed by atoms with E-state index >= 15 is 0 Å². The molecule has 0 N–H and O–H groups in total. The number of hydrogen-bond donors (Lipinski definition) is 0. The summed E-state index contributed by atoms with van der Waals surface area (Å²) in [5.41, 5.74) is 0. The van der Waals surface area contributed by atoms with Crippen LogP contribution in [-0.4, -0.2) is 23.0 Å². The molecular formula is C11H12Cl2O3S. The van der Waals surface area contributed by atoms with E-state index in [0.717, 1.165) is 0 Å². The zero-order chi connectivity index (χ0) is 12.8. The number of esters is 1. The van der Waals surface area contributed by atoms with Crippen molar-refractivity contribution in [2.24, 2.45) is 0 Å². The topological polar surface area (TPSA) is 43.4 Å². The average Bonchev–Trinajstić information content (AvgIpc) is 2.28. The van der Waals surface area contributed by atoms with Gasteiger partial charge in [0.1, 0.15) is 0 Å². The van der Waals surface area contributed by atoms with Crippen molar-refractivity contribution < 1.29 is 13.7 Å². The minimum atomic E-state index is -1.30. The number of ether oxygens (including phenoxy) is 1. The third kappa shape index (κ3) is 4.30. The van der Waals surface area contributed by atoms with Crippen LogP contribution in [0.4, 0.5) is 0 Å². The molecule has 0 bridgehead atoms. The number of carbonyl (C=O) groups is 1. The van der Waals surface area contributed by atoms with Crippen LogP contribution < -0.4 is 0 Å². The highest BCUT2D eigenvalue weighted by atomic mass is 35.5. The lowest BCUT2D eigenvalue weighted by molar-refractivity contribution is -0.140. The Morgan fingerprint density at radius 1 is 1.35 bits per heavy atom. The number of methoxy groups -OCH3 is 1. The Labute approximate surface area is 113 Å². The van der Waals surface area contributed by atoms with E-state index in [9.17, 15) is 9.00 Å². The summed E-state index contributed by atoms with van der Waals surface area (Å²) >= 11 is 11.8. The molecule has 94 valence electrons. The molecule has 0 radical (unpaired) electrons. The van der Waals surface area contributed by atoms with Crippen molar-refractivity contribution in [3.63, 3.8) is 0 Å². The van der Waals surface area contributed by atoms with Gasteiger partial charge in [0.05, 0.1) is 32.9 Å². The number of rotatable bonds is 5. The van der Waals surface area contributed by atoms with Gasteiger partial charge in [0.25, 0.3) is 0 Å². The van der Waals surface area contributed by atoms with Gasteiger partial charge in [-0.25, -0.2) is 0 Å². The van der Waals surface area contributed by atoms with Crippen LogP contribution in [0.5, 0.6) is 0 Å². The maximum Gasteiger partial charge on any atom is 0.305 e. The lowest BCUT2D eigenvalue weighted by Crippen LogP contribution is -2.05. The molecule has 0 aliphatic carbocycles. The first-order valence-electron chi connectivity index (χ1n) is 4.95. The van der Waals surface area contributed by atoms with Gasteiger partial charge < -0.3 is 4.74 Å². The predicted molar refractivity (Wildman–Crippen MR) is 69.0 cm³/mol. The fourth-order valence-corrected chi connectivity index (χ4v) is 3.35. The number of halogens is 2. The van der Waals surface area contributed by atoms with Crippen LogP contribution in [0.15, 0.2) is 23.1 Å². The highest BCUT2D eigenvalue weighted by molar-refractivity contribution is 7.85. The molecule has 1 unspecified atom stereocenters. The average molecular weight is 295 g/mol. The van der Waals surface area contributed by atoms with E-state index in [-0.39, 0.29) is 12.4 Å². The Bertz CT molecular complexity index is 414. The predicted octanol–water partition coefficient (Wildman–Crippen LogP) is 3.05. The largest absolute Gasteiger partial charge is 0.469 e. The van der Waals surface area contributed by atoms with Gasteiger partial charge in [-0.3, -0.25) is 9.00 Å². The van der Waals surface area contributed by atoms with Crippen molar-refractivity contribution in [2.75, 3.05) is 12.9 Å². The van der Waals surface area contributed by atoms with Crippen molar-refractivity contribution >= 4 is 40.0 Å². The molecule has 0 aliphatic rings. The standard InChI is InChI=1S/C11H12Cl2O3S/c1-16-10(14)6-3-7-17(15)11-8(12)4-2-5-9(11)13/h2,4-5H,3,6-7H2,1H3. The zero-order valence-corrected chi connectivity index (χ0v) is 11.6. The van der Waals surface area contributed by atoms with Crippen molar-refractivity contribution in [3.8, 4) is 0 Å². The molecule has 1 atom stereocenters. The van der Waals surface area contributed by atoms with Crippen LogP contribution in [0, 0.1) is 0 Å². The summed E-state index contributed by atoms with van der Waals surface area (Å²) in [5.74, 6) is 0.0192. The third-order valence-corrected chi connectivity index (χ3v) is 4.49. The minimum absolute atomic E-state index is 0.240. The number of benzene rings is 1. The van der Waals surface area contributed by atoms with E-state index in [1.54, 1.807) is 18.2 Å². The normalized spacial score (nSPS) is 12.2. The first-order chi connectivity index (χ1) is 8.06. The molecule has 0 heterocycles. The van der Waals surface area contributed by atoms with Crippen LogP contribution in [0.3, 0.4) is 0 Å². The van der Waals surface area contributed by atoms with Gasteiger partial charge in [0, 0.05) is 12.2 Å². The van der Waals surface area contributed by atoms with E-state index in [1.165, 1.54) is 7.11 Å². The molecular weight excluding hydrogens is 283 g/mol. The van der Waals surface area contributed by atoms with E-state index < -0.39 is 10.8 Å². The summed E-state index contributed by atoms with van der Waals surface area (Å²) in [4.78, 5) is 11.3. The van der Waals surface area contributed by atoms with Crippen LogP contribution in [0.25, 0.3) is 0 Å². The van der Waals surface area contributed by atoms with Gasteiger partial charge in [-0.2, -0.15) is 0 Å². The summed E-state index contributed by atoms with van der Waals surface area (Å²) in [6, 6.07) is 4.97. The van der Waals surface area contributed by atoms with Crippen molar-refractivity contribution in [1.82, 2.24) is 0 Å². The molecule has 0 spiro atoms. The SMILES string of the molecule is COC(=O)CCCS(=O)c1c(Cl)cccc1Cl. The molecule has 0 saturated carbocycles. The Morgan fingerprint density at radius 3 is 2.47 bits per heavy atom. The highest BCUT2D eigenvalue weighted by Crippen LogP contribution is 2.28. The molecule has 0 fully saturated rings. The summed E-state index contributed by atoms with van der Waals surface area (Å²) in [7, 11) is 0.0270. The molecule has 0 aliphatic heterocycles. The summed E-state index contributed by atoms with van der Waals surface area (Å²) < 4.78 is 16.4. The molecule has 3 nitrogen and oxygen atoms in total. The van der Waals surface area contributed by atoms with Crippen LogP contribution in [-0.2, 0) is 20.3 Å². The van der Waals surface area contributed by atoms with Gasteiger partial charge in [0.2, 0.25) is 0 Å². The van der Waals surface area contributed by atoms with Crippen molar-refractivity contribution in [3.05, 3.63) is 28.2 Å². The quantitative estimate of drug-likeness (QED) is 0.784. The fraction of sp³-hybridized carbons (Fsp3) is 0.364. The molecule has 0 amide bonds. The van der Waals surface area contributed by atoms with Crippen molar-refractivity contribution in [1.29, 1.82) is 0 Å². The Kier molecular flexibility index (Phi) is 5.95. The second kappa shape index (κ2) is 6.99. The van der Waals surface area contributed by atoms with E-state index in [0.29, 0.717) is 27.1 Å². The minimum Gasteiger partial charge on any atom is -0.469 e.